The lowest BCUT2D eigenvalue weighted by Gasteiger charge is -2.11. The molecule has 0 saturated heterocycles. The Morgan fingerprint density at radius 3 is 2.39 bits per heavy atom. The van der Waals surface area contributed by atoms with Crippen LogP contribution in [-0.4, -0.2) is 21.0 Å². The number of rotatable bonds is 2. The average molecular weight is 261 g/mol. The lowest BCUT2D eigenvalue weighted by atomic mass is 10.1. The van der Waals surface area contributed by atoms with Crippen molar-refractivity contribution < 1.29 is 0 Å². The maximum Gasteiger partial charge on any atom is 0.227 e. The molecular weight excluding hydrogens is 248 g/mol. The molecule has 0 aliphatic heterocycles. The van der Waals surface area contributed by atoms with Crippen LogP contribution in [0.25, 0.3) is 0 Å². The predicted octanol–water partition coefficient (Wildman–Crippen LogP) is 2.41. The third kappa shape index (κ3) is 2.29. The maximum absolute atomic E-state index is 5.82. The summed E-state index contributed by atoms with van der Waals surface area (Å²) < 4.78 is 0. The molecule has 1 aliphatic carbocycles. The minimum absolute atomic E-state index is 0.237. The number of hydrogen-bond acceptors (Lipinski definition) is 4. The zero-order chi connectivity index (χ0) is 12.5. The monoisotopic (exact) mass is 260 g/mol. The molecule has 1 N–H and O–H groups in total. The lowest BCUT2D eigenvalue weighted by Crippen LogP contribution is -2.21. The Labute approximate surface area is 110 Å². The number of aromatic nitrogens is 3. The number of nitrogens with zero attached hydrogens (tertiary/aromatic N) is 3. The van der Waals surface area contributed by atoms with Crippen LogP contribution in [-0.2, 0) is 12.8 Å². The number of benzene rings is 1. The minimum Gasteiger partial charge on any atom is -0.351 e. The summed E-state index contributed by atoms with van der Waals surface area (Å²) in [6, 6.07) is 8.82. The second-order valence-corrected chi connectivity index (χ2v) is 4.83. The van der Waals surface area contributed by atoms with Crippen LogP contribution in [0.2, 0.25) is 5.28 Å². The summed E-state index contributed by atoms with van der Waals surface area (Å²) in [5.41, 5.74) is 2.79. The molecule has 1 aliphatic rings. The van der Waals surface area contributed by atoms with Gasteiger partial charge in [-0.2, -0.15) is 9.97 Å². The fourth-order valence-electron chi connectivity index (χ4n) is 2.36. The highest BCUT2D eigenvalue weighted by Gasteiger charge is 2.21. The van der Waals surface area contributed by atoms with Gasteiger partial charge in [-0.1, -0.05) is 24.3 Å². The second-order valence-electron chi connectivity index (χ2n) is 4.49. The van der Waals surface area contributed by atoms with Crippen LogP contribution in [0.4, 0.5) is 5.95 Å². The molecule has 0 unspecified atom stereocenters. The van der Waals surface area contributed by atoms with Gasteiger partial charge < -0.3 is 5.32 Å². The first-order chi connectivity index (χ1) is 8.70. The third-order valence-corrected chi connectivity index (χ3v) is 3.27. The topological polar surface area (TPSA) is 50.7 Å². The van der Waals surface area contributed by atoms with Gasteiger partial charge in [-0.05, 0) is 42.5 Å². The predicted molar refractivity (Wildman–Crippen MR) is 70.8 cm³/mol. The van der Waals surface area contributed by atoms with Crippen molar-refractivity contribution in [3.8, 4) is 0 Å². The summed E-state index contributed by atoms with van der Waals surface area (Å²) >= 11 is 5.82. The molecule has 0 bridgehead atoms. The lowest BCUT2D eigenvalue weighted by molar-refractivity contribution is 0.756. The Morgan fingerprint density at radius 2 is 1.78 bits per heavy atom. The van der Waals surface area contributed by atoms with E-state index >= 15 is 0 Å². The van der Waals surface area contributed by atoms with E-state index in [9.17, 15) is 0 Å². The van der Waals surface area contributed by atoms with Crippen molar-refractivity contribution in [3.05, 3.63) is 46.5 Å². The van der Waals surface area contributed by atoms with Crippen LogP contribution in [0, 0.1) is 6.92 Å². The van der Waals surface area contributed by atoms with Crippen LogP contribution >= 0.6 is 11.6 Å². The van der Waals surface area contributed by atoms with Gasteiger partial charge in [0.05, 0.1) is 0 Å². The molecular formula is C13H13ClN4. The molecule has 1 aromatic heterocycles. The van der Waals surface area contributed by atoms with Crippen molar-refractivity contribution >= 4 is 17.5 Å². The number of nitrogens with one attached hydrogen (secondary N) is 1. The van der Waals surface area contributed by atoms with E-state index in [-0.39, 0.29) is 5.28 Å². The van der Waals surface area contributed by atoms with E-state index in [1.165, 1.54) is 11.1 Å². The van der Waals surface area contributed by atoms with Crippen molar-refractivity contribution in [2.24, 2.45) is 0 Å². The summed E-state index contributed by atoms with van der Waals surface area (Å²) in [4.78, 5) is 12.3. The molecule has 5 heteroatoms. The zero-order valence-corrected chi connectivity index (χ0v) is 10.8. The van der Waals surface area contributed by atoms with Gasteiger partial charge >= 0.3 is 0 Å². The van der Waals surface area contributed by atoms with E-state index < -0.39 is 0 Å². The van der Waals surface area contributed by atoms with Crippen LogP contribution in [0.5, 0.6) is 0 Å². The maximum atomic E-state index is 5.82. The number of halogens is 1. The number of hydrogen-bond donors (Lipinski definition) is 1. The van der Waals surface area contributed by atoms with E-state index in [4.69, 9.17) is 11.6 Å². The summed E-state index contributed by atoms with van der Waals surface area (Å²) in [7, 11) is 0. The smallest absolute Gasteiger partial charge is 0.227 e. The molecule has 0 spiro atoms. The zero-order valence-electron chi connectivity index (χ0n) is 10.0. The summed E-state index contributed by atoms with van der Waals surface area (Å²) in [6.45, 7) is 1.81. The standard InChI is InChI=1S/C13H13ClN4/c1-8-15-12(14)18-13(16-8)17-11-6-9-4-2-3-5-10(9)7-11/h2-5,11H,6-7H2,1H3,(H,15,16,17,18). The molecule has 0 fully saturated rings. The average Bonchev–Trinajstić information content (AvgIpc) is 2.69. The first kappa shape index (κ1) is 11.4. The Kier molecular flexibility index (Phi) is 2.88. The van der Waals surface area contributed by atoms with E-state index in [0.29, 0.717) is 17.8 Å². The Balaban J connectivity index is 1.76. The highest BCUT2D eigenvalue weighted by Crippen LogP contribution is 2.23. The van der Waals surface area contributed by atoms with Gasteiger partial charge in [0.15, 0.2) is 0 Å². The van der Waals surface area contributed by atoms with Gasteiger partial charge in [0.25, 0.3) is 0 Å². The van der Waals surface area contributed by atoms with E-state index in [1.54, 1.807) is 0 Å². The van der Waals surface area contributed by atoms with E-state index in [1.807, 2.05) is 6.92 Å². The third-order valence-electron chi connectivity index (χ3n) is 3.10. The molecule has 0 amide bonds. The summed E-state index contributed by atoms with van der Waals surface area (Å²) in [5, 5.41) is 3.56. The van der Waals surface area contributed by atoms with E-state index in [2.05, 4.69) is 44.5 Å². The molecule has 2 aromatic rings. The van der Waals surface area contributed by atoms with Crippen molar-refractivity contribution in [1.29, 1.82) is 0 Å². The molecule has 1 aromatic carbocycles. The molecule has 4 nitrogen and oxygen atoms in total. The largest absolute Gasteiger partial charge is 0.351 e. The number of aryl methyl sites for hydroxylation is 1. The molecule has 0 saturated carbocycles. The van der Waals surface area contributed by atoms with Gasteiger partial charge in [0, 0.05) is 6.04 Å². The molecule has 18 heavy (non-hydrogen) atoms. The van der Waals surface area contributed by atoms with Gasteiger partial charge in [-0.15, -0.1) is 0 Å². The molecule has 92 valence electrons. The molecule has 1 heterocycles. The van der Waals surface area contributed by atoms with E-state index in [0.717, 1.165) is 12.8 Å². The number of fused-ring (bicyclic) bond motifs is 1. The van der Waals surface area contributed by atoms with Crippen molar-refractivity contribution in [1.82, 2.24) is 15.0 Å². The quantitative estimate of drug-likeness (QED) is 0.901. The van der Waals surface area contributed by atoms with Crippen LogP contribution in [0.1, 0.15) is 17.0 Å². The summed E-state index contributed by atoms with van der Waals surface area (Å²) in [5.74, 6) is 1.19. The van der Waals surface area contributed by atoms with Crippen LogP contribution < -0.4 is 5.32 Å². The Bertz CT molecular complexity index is 540. The molecule has 3 rings (SSSR count). The fourth-order valence-corrected chi connectivity index (χ4v) is 2.56. The minimum atomic E-state index is 0.237. The normalized spacial score (nSPS) is 14.6. The van der Waals surface area contributed by atoms with Gasteiger partial charge in [-0.3, -0.25) is 0 Å². The van der Waals surface area contributed by atoms with Crippen LogP contribution in [0.15, 0.2) is 24.3 Å². The van der Waals surface area contributed by atoms with Crippen molar-refractivity contribution in [2.75, 3.05) is 5.32 Å². The Hall–Kier alpha value is -1.68. The van der Waals surface area contributed by atoms with Gasteiger partial charge in [-0.25, -0.2) is 4.98 Å². The SMILES string of the molecule is Cc1nc(Cl)nc(NC2Cc3ccccc3C2)n1. The van der Waals surface area contributed by atoms with Crippen LogP contribution in [0.3, 0.4) is 0 Å². The fraction of sp³-hybridized carbons (Fsp3) is 0.308. The highest BCUT2D eigenvalue weighted by molar-refractivity contribution is 6.28. The Morgan fingerprint density at radius 1 is 1.11 bits per heavy atom. The molecule has 0 atom stereocenters. The molecule has 0 radical (unpaired) electrons. The first-order valence-corrected chi connectivity index (χ1v) is 6.30. The summed E-state index contributed by atoms with van der Waals surface area (Å²) in [6.07, 6.45) is 2.00. The van der Waals surface area contributed by atoms with Crippen molar-refractivity contribution in [3.63, 3.8) is 0 Å². The van der Waals surface area contributed by atoms with Gasteiger partial charge in [0.2, 0.25) is 11.2 Å². The first-order valence-electron chi connectivity index (χ1n) is 5.92. The second kappa shape index (κ2) is 4.53. The van der Waals surface area contributed by atoms with Crippen molar-refractivity contribution in [2.45, 2.75) is 25.8 Å². The van der Waals surface area contributed by atoms with Gasteiger partial charge in [0.1, 0.15) is 5.82 Å². The number of anilines is 1. The highest BCUT2D eigenvalue weighted by atomic mass is 35.5.